The molecule has 1 fully saturated rings. The van der Waals surface area contributed by atoms with E-state index in [4.69, 9.17) is 5.26 Å². The molecular weight excluding hydrogens is 250 g/mol. The summed E-state index contributed by atoms with van der Waals surface area (Å²) in [6, 6.07) is 9.42. The van der Waals surface area contributed by atoms with Crippen LogP contribution in [0.15, 0.2) is 24.3 Å². The molecule has 1 aliphatic heterocycles. The molecule has 2 unspecified atom stereocenters. The summed E-state index contributed by atoms with van der Waals surface area (Å²) in [6.07, 6.45) is 2.06. The fraction of sp³-hybridized carbons (Fsp3) is 0.500. The van der Waals surface area contributed by atoms with Crippen LogP contribution in [-0.2, 0) is 11.3 Å². The van der Waals surface area contributed by atoms with Crippen molar-refractivity contribution >= 4 is 5.91 Å². The lowest BCUT2D eigenvalue weighted by Crippen LogP contribution is -2.48. The first-order chi connectivity index (χ1) is 9.60. The van der Waals surface area contributed by atoms with E-state index in [2.05, 4.69) is 18.3 Å². The van der Waals surface area contributed by atoms with Crippen molar-refractivity contribution in [2.75, 3.05) is 13.6 Å². The summed E-state index contributed by atoms with van der Waals surface area (Å²) < 4.78 is 0. The van der Waals surface area contributed by atoms with Crippen LogP contribution >= 0.6 is 0 Å². The van der Waals surface area contributed by atoms with Gasteiger partial charge in [-0.2, -0.15) is 5.26 Å². The molecule has 1 aliphatic rings. The van der Waals surface area contributed by atoms with Crippen molar-refractivity contribution in [1.82, 2.24) is 10.2 Å². The molecule has 2 rings (SSSR count). The van der Waals surface area contributed by atoms with Gasteiger partial charge in [0, 0.05) is 13.6 Å². The molecule has 1 heterocycles. The lowest BCUT2D eigenvalue weighted by Gasteiger charge is -2.30. The fourth-order valence-electron chi connectivity index (χ4n) is 2.60. The number of amides is 1. The van der Waals surface area contributed by atoms with E-state index >= 15 is 0 Å². The van der Waals surface area contributed by atoms with Gasteiger partial charge in [-0.15, -0.1) is 0 Å². The number of nitrogens with one attached hydrogen (secondary N) is 1. The van der Waals surface area contributed by atoms with Gasteiger partial charge in [0.05, 0.1) is 17.7 Å². The average Bonchev–Trinajstić information content (AvgIpc) is 2.47. The van der Waals surface area contributed by atoms with Gasteiger partial charge in [0.2, 0.25) is 5.91 Å². The number of hydrogen-bond donors (Lipinski definition) is 1. The fourth-order valence-corrected chi connectivity index (χ4v) is 2.60. The van der Waals surface area contributed by atoms with Crippen LogP contribution in [0.25, 0.3) is 0 Å². The molecule has 1 aromatic rings. The van der Waals surface area contributed by atoms with Crippen molar-refractivity contribution in [3.05, 3.63) is 35.4 Å². The van der Waals surface area contributed by atoms with E-state index in [0.717, 1.165) is 24.9 Å². The van der Waals surface area contributed by atoms with Gasteiger partial charge in [0.15, 0.2) is 0 Å². The number of benzene rings is 1. The van der Waals surface area contributed by atoms with Crippen molar-refractivity contribution in [2.24, 2.45) is 5.92 Å². The second kappa shape index (κ2) is 6.53. The highest BCUT2D eigenvalue weighted by Gasteiger charge is 2.26. The molecule has 1 aromatic carbocycles. The van der Waals surface area contributed by atoms with Crippen LogP contribution in [0.3, 0.4) is 0 Å². The number of hydrogen-bond acceptors (Lipinski definition) is 3. The summed E-state index contributed by atoms with van der Waals surface area (Å²) in [5.74, 6) is 0.759. The first-order valence-electron chi connectivity index (χ1n) is 7.07. The quantitative estimate of drug-likeness (QED) is 0.913. The molecule has 4 heteroatoms. The van der Waals surface area contributed by atoms with Gasteiger partial charge in [-0.3, -0.25) is 4.79 Å². The molecule has 0 radical (unpaired) electrons. The van der Waals surface area contributed by atoms with Crippen LogP contribution in [0.5, 0.6) is 0 Å². The Morgan fingerprint density at radius 2 is 2.15 bits per heavy atom. The minimum Gasteiger partial charge on any atom is -0.340 e. The summed E-state index contributed by atoms with van der Waals surface area (Å²) in [7, 11) is 1.83. The Bertz CT molecular complexity index is 503. The van der Waals surface area contributed by atoms with Gasteiger partial charge in [-0.05, 0) is 43.0 Å². The summed E-state index contributed by atoms with van der Waals surface area (Å²) in [4.78, 5) is 14.1. The minimum atomic E-state index is -0.0536. The molecule has 1 amide bonds. The largest absolute Gasteiger partial charge is 0.340 e. The average molecular weight is 271 g/mol. The molecule has 4 nitrogen and oxygen atoms in total. The zero-order valence-electron chi connectivity index (χ0n) is 12.1. The number of rotatable bonds is 3. The number of likely N-dealkylation sites (N-methyl/N-ethyl adjacent to an activating group) is 1. The van der Waals surface area contributed by atoms with E-state index in [9.17, 15) is 4.79 Å². The van der Waals surface area contributed by atoms with Crippen molar-refractivity contribution in [2.45, 2.75) is 32.4 Å². The van der Waals surface area contributed by atoms with Crippen molar-refractivity contribution in [1.29, 1.82) is 5.26 Å². The number of piperidine rings is 1. The molecule has 20 heavy (non-hydrogen) atoms. The van der Waals surface area contributed by atoms with E-state index in [0.29, 0.717) is 18.0 Å². The Balaban J connectivity index is 1.94. The van der Waals surface area contributed by atoms with E-state index in [1.165, 1.54) is 0 Å². The number of carbonyl (C=O) groups is 1. The van der Waals surface area contributed by atoms with Crippen LogP contribution in [0.2, 0.25) is 0 Å². The molecule has 0 aromatic heterocycles. The van der Waals surface area contributed by atoms with E-state index < -0.39 is 0 Å². The molecule has 2 atom stereocenters. The number of nitrogens with zero attached hydrogens (tertiary/aromatic N) is 2. The molecule has 0 aliphatic carbocycles. The molecule has 106 valence electrons. The van der Waals surface area contributed by atoms with Crippen molar-refractivity contribution in [3.63, 3.8) is 0 Å². The zero-order chi connectivity index (χ0) is 14.5. The van der Waals surface area contributed by atoms with Crippen molar-refractivity contribution in [3.8, 4) is 6.07 Å². The maximum Gasteiger partial charge on any atom is 0.239 e. The summed E-state index contributed by atoms with van der Waals surface area (Å²) in [5.41, 5.74) is 1.69. The number of carbonyl (C=O) groups excluding carboxylic acids is 1. The Hall–Kier alpha value is -1.86. The Labute approximate surface area is 120 Å². The molecule has 1 saturated heterocycles. The summed E-state index contributed by atoms with van der Waals surface area (Å²) in [6.45, 7) is 3.70. The second-order valence-corrected chi connectivity index (χ2v) is 5.64. The lowest BCUT2D eigenvalue weighted by atomic mass is 9.93. The summed E-state index contributed by atoms with van der Waals surface area (Å²) >= 11 is 0. The third kappa shape index (κ3) is 3.58. The zero-order valence-corrected chi connectivity index (χ0v) is 12.1. The predicted octanol–water partition coefficient (Wildman–Crippen LogP) is 1.90. The van der Waals surface area contributed by atoms with Gasteiger partial charge in [0.1, 0.15) is 0 Å². The Morgan fingerprint density at radius 3 is 2.75 bits per heavy atom. The molecular formula is C16H21N3O. The van der Waals surface area contributed by atoms with E-state index in [-0.39, 0.29) is 11.9 Å². The van der Waals surface area contributed by atoms with E-state index in [1.807, 2.05) is 19.2 Å². The van der Waals surface area contributed by atoms with E-state index in [1.54, 1.807) is 17.0 Å². The van der Waals surface area contributed by atoms with Gasteiger partial charge in [-0.25, -0.2) is 0 Å². The highest BCUT2D eigenvalue weighted by atomic mass is 16.2. The molecule has 0 spiro atoms. The van der Waals surface area contributed by atoms with Crippen LogP contribution in [0.1, 0.15) is 30.9 Å². The number of nitriles is 1. The van der Waals surface area contributed by atoms with Crippen LogP contribution in [0, 0.1) is 17.2 Å². The Morgan fingerprint density at radius 1 is 1.45 bits per heavy atom. The Kier molecular flexibility index (Phi) is 4.75. The van der Waals surface area contributed by atoms with Crippen LogP contribution in [0.4, 0.5) is 0 Å². The molecule has 0 bridgehead atoms. The normalized spacial score (nSPS) is 22.1. The first kappa shape index (κ1) is 14.5. The standard InChI is InChI=1S/C16H21N3O/c1-12-7-8-18-15(9-12)16(20)19(2)11-14-5-3-13(10-17)4-6-14/h3-6,12,15,18H,7-9,11H2,1-2H3. The van der Waals surface area contributed by atoms with Gasteiger partial charge >= 0.3 is 0 Å². The highest BCUT2D eigenvalue weighted by Crippen LogP contribution is 2.17. The first-order valence-corrected chi connectivity index (χ1v) is 7.07. The third-order valence-corrected chi connectivity index (χ3v) is 3.84. The third-order valence-electron chi connectivity index (χ3n) is 3.84. The predicted molar refractivity (Wildman–Crippen MR) is 77.8 cm³/mol. The smallest absolute Gasteiger partial charge is 0.239 e. The molecule has 1 N–H and O–H groups in total. The highest BCUT2D eigenvalue weighted by molar-refractivity contribution is 5.81. The SMILES string of the molecule is CC1CCNC(C(=O)N(C)Cc2ccc(C#N)cc2)C1. The van der Waals surface area contributed by atoms with Gasteiger partial charge < -0.3 is 10.2 Å². The van der Waals surface area contributed by atoms with Crippen LogP contribution in [-0.4, -0.2) is 30.4 Å². The maximum atomic E-state index is 12.4. The summed E-state index contributed by atoms with van der Waals surface area (Å²) in [5, 5.41) is 12.1. The van der Waals surface area contributed by atoms with Gasteiger partial charge in [-0.1, -0.05) is 19.1 Å². The topological polar surface area (TPSA) is 56.1 Å². The lowest BCUT2D eigenvalue weighted by molar-refractivity contribution is -0.133. The van der Waals surface area contributed by atoms with Crippen molar-refractivity contribution < 1.29 is 4.79 Å². The monoisotopic (exact) mass is 271 g/mol. The molecule has 0 saturated carbocycles. The van der Waals surface area contributed by atoms with Crippen LogP contribution < -0.4 is 5.32 Å². The van der Waals surface area contributed by atoms with Gasteiger partial charge in [0.25, 0.3) is 0 Å². The minimum absolute atomic E-state index is 0.0536. The second-order valence-electron chi connectivity index (χ2n) is 5.64. The maximum absolute atomic E-state index is 12.4.